The molecular weight excluding hydrogens is 322 g/mol. The van der Waals surface area contributed by atoms with E-state index in [1.807, 2.05) is 6.92 Å². The Bertz CT molecular complexity index is 512. The third kappa shape index (κ3) is 7.57. The van der Waals surface area contributed by atoms with Gasteiger partial charge in [0.25, 0.3) is 5.91 Å². The molecule has 0 fully saturated rings. The first-order valence-electron chi connectivity index (χ1n) is 8.74. The monoisotopic (exact) mass is 351 g/mol. The number of unbranched alkanes of at least 4 members (excludes halogenated alkanes) is 1. The van der Waals surface area contributed by atoms with Crippen LogP contribution in [0.1, 0.15) is 50.0 Å². The topological polar surface area (TPSA) is 96.5 Å². The van der Waals surface area contributed by atoms with Crippen molar-refractivity contribution in [2.75, 3.05) is 26.8 Å². The zero-order chi connectivity index (χ0) is 18.5. The summed E-state index contributed by atoms with van der Waals surface area (Å²) in [6, 6.07) is -0.436. The summed E-state index contributed by atoms with van der Waals surface area (Å²) in [6.45, 7) is 5.56. The molecule has 140 valence electrons. The second-order valence-electron chi connectivity index (χ2n) is 5.67. The highest BCUT2D eigenvalue weighted by atomic mass is 16.5. The first kappa shape index (κ1) is 21.0. The van der Waals surface area contributed by atoms with Crippen molar-refractivity contribution < 1.29 is 14.3 Å². The van der Waals surface area contributed by atoms with Gasteiger partial charge < -0.3 is 10.1 Å². The van der Waals surface area contributed by atoms with Gasteiger partial charge in [0, 0.05) is 32.6 Å². The zero-order valence-electron chi connectivity index (χ0n) is 15.3. The van der Waals surface area contributed by atoms with Crippen LogP contribution in [0.15, 0.2) is 18.6 Å². The van der Waals surface area contributed by atoms with Crippen LogP contribution in [-0.2, 0) is 9.53 Å². The lowest BCUT2D eigenvalue weighted by Gasteiger charge is -2.30. The fourth-order valence-electron chi connectivity index (χ4n) is 2.32. The molecular formula is C17H29N5O3. The molecule has 1 aromatic rings. The molecule has 0 bridgehead atoms. The van der Waals surface area contributed by atoms with Gasteiger partial charge in [0.1, 0.15) is 11.7 Å². The second kappa shape index (κ2) is 12.3. The molecule has 2 N–H and O–H groups in total. The summed E-state index contributed by atoms with van der Waals surface area (Å²) in [4.78, 5) is 32.9. The van der Waals surface area contributed by atoms with Crippen molar-refractivity contribution in [1.29, 1.82) is 0 Å². The average molecular weight is 351 g/mol. The fraction of sp³-hybridized carbons (Fsp3) is 0.647. The molecule has 1 rings (SSSR count). The van der Waals surface area contributed by atoms with Gasteiger partial charge in [-0.3, -0.25) is 20.0 Å². The molecule has 0 aromatic carbocycles. The van der Waals surface area contributed by atoms with Gasteiger partial charge in [-0.25, -0.2) is 9.99 Å². The van der Waals surface area contributed by atoms with E-state index in [1.165, 1.54) is 18.6 Å². The predicted octanol–water partition coefficient (Wildman–Crippen LogP) is 1.15. The smallest absolute Gasteiger partial charge is 0.285 e. The Morgan fingerprint density at radius 3 is 2.68 bits per heavy atom. The molecule has 0 radical (unpaired) electrons. The summed E-state index contributed by atoms with van der Waals surface area (Å²) in [5.74, 6) is -0.482. The highest BCUT2D eigenvalue weighted by Crippen LogP contribution is 2.08. The van der Waals surface area contributed by atoms with Crippen LogP contribution in [0.3, 0.4) is 0 Å². The number of rotatable bonds is 12. The molecule has 0 unspecified atom stereocenters. The van der Waals surface area contributed by atoms with Crippen molar-refractivity contribution in [3.05, 3.63) is 24.3 Å². The minimum Gasteiger partial charge on any atom is -0.383 e. The van der Waals surface area contributed by atoms with E-state index in [-0.39, 0.29) is 17.5 Å². The minimum atomic E-state index is -0.436. The first-order chi connectivity index (χ1) is 12.1. The minimum absolute atomic E-state index is 0.116. The number of carbonyl (C=O) groups excluding carboxylic acids is 2. The highest BCUT2D eigenvalue weighted by molar-refractivity contribution is 5.92. The number of hydrogen-bond donors (Lipinski definition) is 2. The third-order valence-electron chi connectivity index (χ3n) is 3.64. The van der Waals surface area contributed by atoms with Gasteiger partial charge in [0.15, 0.2) is 0 Å². The van der Waals surface area contributed by atoms with E-state index in [0.29, 0.717) is 26.1 Å². The van der Waals surface area contributed by atoms with Crippen molar-refractivity contribution in [3.63, 3.8) is 0 Å². The van der Waals surface area contributed by atoms with E-state index in [1.54, 1.807) is 12.1 Å². The Kier molecular flexibility index (Phi) is 10.3. The highest BCUT2D eigenvalue weighted by Gasteiger charge is 2.26. The average Bonchev–Trinajstić information content (AvgIpc) is 2.64. The van der Waals surface area contributed by atoms with Crippen LogP contribution in [0, 0.1) is 0 Å². The first-order valence-corrected chi connectivity index (χ1v) is 8.74. The summed E-state index contributed by atoms with van der Waals surface area (Å²) in [5, 5.41) is 4.57. The Hall–Kier alpha value is -2.06. The Labute approximate surface area is 149 Å². The fourth-order valence-corrected chi connectivity index (χ4v) is 2.32. The maximum absolute atomic E-state index is 12.5. The van der Waals surface area contributed by atoms with Gasteiger partial charge in [-0.05, 0) is 12.8 Å². The number of nitrogens with one attached hydrogen (secondary N) is 2. The molecule has 0 aliphatic heterocycles. The predicted molar refractivity (Wildman–Crippen MR) is 94.7 cm³/mol. The molecule has 0 saturated heterocycles. The number of methoxy groups -OCH3 is 1. The molecule has 1 heterocycles. The third-order valence-corrected chi connectivity index (χ3v) is 3.64. The van der Waals surface area contributed by atoms with Crippen molar-refractivity contribution >= 4 is 11.8 Å². The molecule has 2 amide bonds. The van der Waals surface area contributed by atoms with E-state index in [2.05, 4.69) is 27.6 Å². The van der Waals surface area contributed by atoms with Crippen molar-refractivity contribution in [1.82, 2.24) is 25.7 Å². The number of aromatic nitrogens is 2. The van der Waals surface area contributed by atoms with Crippen LogP contribution < -0.4 is 10.7 Å². The quantitative estimate of drug-likeness (QED) is 0.433. The summed E-state index contributed by atoms with van der Waals surface area (Å²) in [6.07, 6.45) is 7.67. The van der Waals surface area contributed by atoms with Crippen molar-refractivity contribution in [2.45, 2.75) is 45.6 Å². The Morgan fingerprint density at radius 1 is 1.28 bits per heavy atom. The number of ether oxygens (including phenoxy) is 1. The molecule has 1 aromatic heterocycles. The van der Waals surface area contributed by atoms with Crippen LogP contribution in [0.4, 0.5) is 0 Å². The van der Waals surface area contributed by atoms with Crippen LogP contribution in [0.25, 0.3) is 0 Å². The van der Waals surface area contributed by atoms with Crippen molar-refractivity contribution in [2.24, 2.45) is 0 Å². The summed E-state index contributed by atoms with van der Waals surface area (Å²) < 4.78 is 4.97. The molecule has 25 heavy (non-hydrogen) atoms. The molecule has 0 spiro atoms. The van der Waals surface area contributed by atoms with E-state index < -0.39 is 6.04 Å². The van der Waals surface area contributed by atoms with Gasteiger partial charge in [0.05, 0.1) is 12.8 Å². The van der Waals surface area contributed by atoms with Gasteiger partial charge in [-0.2, -0.15) is 0 Å². The number of hydrazine groups is 1. The lowest BCUT2D eigenvalue weighted by atomic mass is 10.1. The van der Waals surface area contributed by atoms with Crippen LogP contribution >= 0.6 is 0 Å². The second-order valence-corrected chi connectivity index (χ2v) is 5.67. The van der Waals surface area contributed by atoms with Crippen molar-refractivity contribution in [3.8, 4) is 0 Å². The number of nitrogens with zero attached hydrogens (tertiary/aromatic N) is 3. The molecule has 8 heteroatoms. The standard InChI is InChI=1S/C17H29N5O3/c1-4-6-11-22(21-16(23)14-13-18-8-9-19-14)15(7-5-2)17(24)20-10-12-25-3/h8-9,13,15H,4-7,10-12H2,1-3H3,(H,20,24)(H,21,23)/t15-/m0/s1. The van der Waals surface area contributed by atoms with Gasteiger partial charge in [0.2, 0.25) is 5.91 Å². The molecule has 0 aliphatic carbocycles. The molecule has 0 aliphatic rings. The van der Waals surface area contributed by atoms with Gasteiger partial charge in [-0.15, -0.1) is 0 Å². The van der Waals surface area contributed by atoms with Crippen LogP contribution in [0.5, 0.6) is 0 Å². The lowest BCUT2D eigenvalue weighted by molar-refractivity contribution is -0.128. The number of hydrogen-bond acceptors (Lipinski definition) is 6. The van der Waals surface area contributed by atoms with Gasteiger partial charge >= 0.3 is 0 Å². The van der Waals surface area contributed by atoms with Gasteiger partial charge in [-0.1, -0.05) is 26.7 Å². The number of amides is 2. The normalized spacial score (nSPS) is 12.0. The number of carbonyl (C=O) groups is 2. The SMILES string of the molecule is CCCCN(NC(=O)c1cnccn1)[C@@H](CCC)C(=O)NCCOC. The molecule has 1 atom stereocenters. The summed E-state index contributed by atoms with van der Waals surface area (Å²) in [7, 11) is 1.59. The Balaban J connectivity index is 2.83. The van der Waals surface area contributed by atoms with E-state index in [0.717, 1.165) is 19.3 Å². The maximum Gasteiger partial charge on any atom is 0.285 e. The summed E-state index contributed by atoms with van der Waals surface area (Å²) in [5.41, 5.74) is 3.05. The maximum atomic E-state index is 12.5. The molecule has 0 saturated carbocycles. The van der Waals surface area contributed by atoms with E-state index >= 15 is 0 Å². The largest absolute Gasteiger partial charge is 0.383 e. The lowest BCUT2D eigenvalue weighted by Crippen LogP contribution is -2.55. The Morgan fingerprint density at radius 2 is 2.08 bits per heavy atom. The van der Waals surface area contributed by atoms with E-state index in [4.69, 9.17) is 4.74 Å². The molecule has 8 nitrogen and oxygen atoms in total. The van der Waals surface area contributed by atoms with Crippen LogP contribution in [0.2, 0.25) is 0 Å². The van der Waals surface area contributed by atoms with E-state index in [9.17, 15) is 9.59 Å². The summed E-state index contributed by atoms with van der Waals surface area (Å²) >= 11 is 0. The zero-order valence-corrected chi connectivity index (χ0v) is 15.3. The van der Waals surface area contributed by atoms with Crippen LogP contribution in [-0.4, -0.2) is 59.6 Å².